The van der Waals surface area contributed by atoms with Crippen molar-refractivity contribution in [1.82, 2.24) is 10.0 Å². The fourth-order valence-corrected chi connectivity index (χ4v) is 4.61. The summed E-state index contributed by atoms with van der Waals surface area (Å²) in [4.78, 5) is 0.221. The molecule has 1 aromatic rings. The second kappa shape index (κ2) is 6.85. The average molecular weight is 428 g/mol. The van der Waals surface area contributed by atoms with Gasteiger partial charge in [-0.2, -0.15) is 0 Å². The molecule has 2 rings (SSSR count). The fourth-order valence-electron chi connectivity index (χ4n) is 1.87. The summed E-state index contributed by atoms with van der Waals surface area (Å²) in [5.74, 6) is 0. The maximum atomic E-state index is 12.3. The minimum atomic E-state index is -3.56. The smallest absolute Gasteiger partial charge is 0.241 e. The Kier molecular flexibility index (Phi) is 5.61. The summed E-state index contributed by atoms with van der Waals surface area (Å²) in [6.07, 6.45) is -0.133. The van der Waals surface area contributed by atoms with Crippen LogP contribution < -0.4 is 10.0 Å². The predicted molar refractivity (Wildman–Crippen MR) is 84.4 cm³/mol. The zero-order chi connectivity index (χ0) is 14.8. The van der Waals surface area contributed by atoms with E-state index in [-0.39, 0.29) is 17.5 Å². The van der Waals surface area contributed by atoms with Crippen LogP contribution in [0.1, 0.15) is 5.56 Å². The average Bonchev–Trinajstić information content (AvgIpc) is 2.42. The van der Waals surface area contributed by atoms with Gasteiger partial charge >= 0.3 is 0 Å². The molecule has 1 aliphatic rings. The van der Waals surface area contributed by atoms with Crippen molar-refractivity contribution < 1.29 is 13.2 Å². The molecule has 1 aliphatic heterocycles. The van der Waals surface area contributed by atoms with Gasteiger partial charge in [0.2, 0.25) is 10.0 Å². The van der Waals surface area contributed by atoms with E-state index in [1.54, 1.807) is 12.1 Å². The number of ether oxygens (including phenoxy) is 1. The Bertz CT molecular complexity index is 587. The molecule has 2 N–H and O–H groups in total. The Labute approximate surface area is 135 Å². The first-order valence-electron chi connectivity index (χ1n) is 6.18. The molecule has 1 atom stereocenters. The molecule has 0 bridgehead atoms. The summed E-state index contributed by atoms with van der Waals surface area (Å²) in [7, 11) is -3.56. The number of hydrogen-bond donors (Lipinski definition) is 2. The van der Waals surface area contributed by atoms with Gasteiger partial charge in [-0.05, 0) is 40.5 Å². The molecule has 1 heterocycles. The van der Waals surface area contributed by atoms with E-state index >= 15 is 0 Å². The Morgan fingerprint density at radius 1 is 1.40 bits per heavy atom. The lowest BCUT2D eigenvalue weighted by molar-refractivity contribution is 0.0324. The molecule has 8 heteroatoms. The van der Waals surface area contributed by atoms with Gasteiger partial charge in [0.15, 0.2) is 0 Å². The van der Waals surface area contributed by atoms with Gasteiger partial charge in [0, 0.05) is 28.6 Å². The quantitative estimate of drug-likeness (QED) is 0.768. The number of benzene rings is 1. The SMILES string of the molecule is Cc1cc(Br)c(S(=O)(=O)NCC2CNCCO2)cc1Br. The van der Waals surface area contributed by atoms with Crippen molar-refractivity contribution in [1.29, 1.82) is 0 Å². The highest BCUT2D eigenvalue weighted by molar-refractivity contribution is 9.11. The van der Waals surface area contributed by atoms with Crippen LogP contribution in [0.3, 0.4) is 0 Å². The summed E-state index contributed by atoms with van der Waals surface area (Å²) < 4.78 is 34.0. The van der Waals surface area contributed by atoms with Gasteiger partial charge < -0.3 is 10.1 Å². The van der Waals surface area contributed by atoms with E-state index in [1.807, 2.05) is 6.92 Å². The summed E-state index contributed by atoms with van der Waals surface area (Å²) in [5, 5.41) is 3.16. The monoisotopic (exact) mass is 426 g/mol. The second-order valence-corrected chi connectivity index (χ2v) is 8.02. The van der Waals surface area contributed by atoms with Gasteiger partial charge in [-0.3, -0.25) is 0 Å². The Morgan fingerprint density at radius 3 is 2.80 bits per heavy atom. The van der Waals surface area contributed by atoms with Crippen LogP contribution in [-0.4, -0.2) is 40.8 Å². The minimum Gasteiger partial charge on any atom is -0.374 e. The zero-order valence-corrected chi connectivity index (χ0v) is 14.9. The Hall–Kier alpha value is 0.01000. The molecule has 1 saturated heterocycles. The van der Waals surface area contributed by atoms with Crippen molar-refractivity contribution >= 4 is 41.9 Å². The van der Waals surface area contributed by atoms with Crippen LogP contribution >= 0.6 is 31.9 Å². The topological polar surface area (TPSA) is 67.4 Å². The first kappa shape index (κ1) is 16.4. The third-order valence-electron chi connectivity index (χ3n) is 3.01. The van der Waals surface area contributed by atoms with E-state index in [9.17, 15) is 8.42 Å². The first-order valence-corrected chi connectivity index (χ1v) is 9.24. The highest BCUT2D eigenvalue weighted by Crippen LogP contribution is 2.28. The molecule has 0 aromatic heterocycles. The minimum absolute atomic E-state index is 0.133. The van der Waals surface area contributed by atoms with Gasteiger partial charge in [-0.15, -0.1) is 0 Å². The van der Waals surface area contributed by atoms with Crippen molar-refractivity contribution in [2.45, 2.75) is 17.9 Å². The van der Waals surface area contributed by atoms with E-state index in [0.717, 1.165) is 16.6 Å². The van der Waals surface area contributed by atoms with Gasteiger partial charge in [-0.25, -0.2) is 13.1 Å². The van der Waals surface area contributed by atoms with Gasteiger partial charge in [0.05, 0.1) is 17.6 Å². The molecule has 5 nitrogen and oxygen atoms in total. The number of morpholine rings is 1. The molecular weight excluding hydrogens is 412 g/mol. The van der Waals surface area contributed by atoms with E-state index in [2.05, 4.69) is 41.9 Å². The molecule has 1 aromatic carbocycles. The van der Waals surface area contributed by atoms with Gasteiger partial charge in [0.25, 0.3) is 0 Å². The predicted octanol–water partition coefficient (Wildman–Crippen LogP) is 1.79. The normalized spacial score (nSPS) is 20.1. The summed E-state index contributed by atoms with van der Waals surface area (Å²) >= 11 is 6.65. The zero-order valence-electron chi connectivity index (χ0n) is 10.9. The van der Waals surface area contributed by atoms with Gasteiger partial charge in [-0.1, -0.05) is 15.9 Å². The van der Waals surface area contributed by atoms with Crippen LogP contribution in [0.25, 0.3) is 0 Å². The maximum Gasteiger partial charge on any atom is 0.241 e. The molecule has 112 valence electrons. The maximum absolute atomic E-state index is 12.3. The molecule has 20 heavy (non-hydrogen) atoms. The number of halogens is 2. The van der Waals surface area contributed by atoms with Crippen LogP contribution in [0.4, 0.5) is 0 Å². The molecule has 0 aliphatic carbocycles. The van der Waals surface area contributed by atoms with Crippen LogP contribution in [0.15, 0.2) is 26.0 Å². The molecule has 0 spiro atoms. The van der Waals surface area contributed by atoms with Crippen LogP contribution in [-0.2, 0) is 14.8 Å². The Balaban J connectivity index is 2.11. The molecule has 1 fully saturated rings. The molecule has 1 unspecified atom stereocenters. The van der Waals surface area contributed by atoms with Crippen LogP contribution in [0, 0.1) is 6.92 Å². The lowest BCUT2D eigenvalue weighted by Gasteiger charge is -2.23. The highest BCUT2D eigenvalue weighted by atomic mass is 79.9. The molecule has 0 radical (unpaired) electrons. The van der Waals surface area contributed by atoms with Crippen molar-refractivity contribution in [3.8, 4) is 0 Å². The third kappa shape index (κ3) is 4.02. The van der Waals surface area contributed by atoms with E-state index in [4.69, 9.17) is 4.74 Å². The second-order valence-electron chi connectivity index (χ2n) is 4.58. The van der Waals surface area contributed by atoms with Crippen LogP contribution in [0.5, 0.6) is 0 Å². The van der Waals surface area contributed by atoms with Crippen LogP contribution in [0.2, 0.25) is 0 Å². The van der Waals surface area contributed by atoms with Gasteiger partial charge in [0.1, 0.15) is 0 Å². The first-order chi connectivity index (χ1) is 9.40. The lowest BCUT2D eigenvalue weighted by Crippen LogP contribution is -2.45. The molecule has 0 saturated carbocycles. The van der Waals surface area contributed by atoms with E-state index < -0.39 is 10.0 Å². The summed E-state index contributed by atoms with van der Waals surface area (Å²) in [6, 6.07) is 3.37. The fraction of sp³-hybridized carbons (Fsp3) is 0.500. The largest absolute Gasteiger partial charge is 0.374 e. The number of sulfonamides is 1. The number of aryl methyl sites for hydroxylation is 1. The summed E-state index contributed by atoms with van der Waals surface area (Å²) in [6.45, 7) is 4.22. The standard InChI is InChI=1S/C12H16Br2N2O3S/c1-8-4-11(14)12(5-10(8)13)20(17,18)16-7-9-6-15-2-3-19-9/h4-5,9,15-16H,2-3,6-7H2,1H3. The highest BCUT2D eigenvalue weighted by Gasteiger charge is 2.21. The van der Waals surface area contributed by atoms with Crippen molar-refractivity contribution in [3.63, 3.8) is 0 Å². The number of hydrogen-bond acceptors (Lipinski definition) is 4. The van der Waals surface area contributed by atoms with E-state index in [1.165, 1.54) is 0 Å². The summed E-state index contributed by atoms with van der Waals surface area (Å²) in [5.41, 5.74) is 0.968. The molecular formula is C12H16Br2N2O3S. The Morgan fingerprint density at radius 2 is 2.15 bits per heavy atom. The third-order valence-corrected chi connectivity index (χ3v) is 6.24. The van der Waals surface area contributed by atoms with Crippen molar-refractivity contribution in [3.05, 3.63) is 26.6 Å². The van der Waals surface area contributed by atoms with Crippen molar-refractivity contribution in [2.75, 3.05) is 26.2 Å². The van der Waals surface area contributed by atoms with E-state index in [0.29, 0.717) is 17.6 Å². The molecule has 0 amide bonds. The number of rotatable bonds is 4. The van der Waals surface area contributed by atoms with Crippen molar-refractivity contribution in [2.24, 2.45) is 0 Å². The lowest BCUT2D eigenvalue weighted by atomic mass is 10.2. The number of nitrogens with one attached hydrogen (secondary N) is 2.